The van der Waals surface area contributed by atoms with Gasteiger partial charge in [-0.3, -0.25) is 4.98 Å². The van der Waals surface area contributed by atoms with E-state index in [0.29, 0.717) is 12.4 Å². The Labute approximate surface area is 171 Å². The van der Waals surface area contributed by atoms with E-state index in [-0.39, 0.29) is 11.2 Å². The average Bonchev–Trinajstić information content (AvgIpc) is 3.01. The van der Waals surface area contributed by atoms with Crippen molar-refractivity contribution >= 4 is 17.4 Å². The van der Waals surface area contributed by atoms with Gasteiger partial charge in [-0.15, -0.1) is 0 Å². The number of hydrogen-bond donors (Lipinski definition) is 1. The molecule has 0 aliphatic heterocycles. The maximum atomic E-state index is 11.2. The van der Waals surface area contributed by atoms with Crippen LogP contribution in [0.15, 0.2) is 48.8 Å². The van der Waals surface area contributed by atoms with Crippen LogP contribution in [-0.4, -0.2) is 20.7 Å². The number of benzene rings is 1. The minimum atomic E-state index is 0.159. The largest absolute Gasteiger partial charge is 0.324 e. The van der Waals surface area contributed by atoms with Crippen molar-refractivity contribution in [2.45, 2.75) is 51.9 Å². The summed E-state index contributed by atoms with van der Waals surface area (Å²) < 4.78 is 0. The standard InChI is InChI=1S/C24H26N4O/c1-16(29)7-8-17-5-4-6-19(13-17)27-23-25-12-10-21(28-23)18-14-20-22(26-15-18)9-11-24(20,2)3/h4-6,10,12-15H,7-9,11H2,1-3H3,(H,25,27,28). The summed E-state index contributed by atoms with van der Waals surface area (Å²) >= 11 is 0. The van der Waals surface area contributed by atoms with Crippen molar-refractivity contribution in [3.05, 3.63) is 65.6 Å². The highest BCUT2D eigenvalue weighted by atomic mass is 16.1. The van der Waals surface area contributed by atoms with E-state index in [1.807, 2.05) is 36.5 Å². The molecule has 1 aromatic carbocycles. The maximum Gasteiger partial charge on any atom is 0.227 e. The first-order valence-electron chi connectivity index (χ1n) is 10.1. The van der Waals surface area contributed by atoms with Crippen LogP contribution in [0.25, 0.3) is 11.3 Å². The molecule has 1 N–H and O–H groups in total. The monoisotopic (exact) mass is 386 g/mol. The third-order valence-electron chi connectivity index (χ3n) is 5.59. The van der Waals surface area contributed by atoms with E-state index in [1.54, 1.807) is 13.1 Å². The molecule has 0 amide bonds. The fraction of sp³-hybridized carbons (Fsp3) is 0.333. The molecule has 0 spiro atoms. The number of hydrogen-bond acceptors (Lipinski definition) is 5. The topological polar surface area (TPSA) is 67.8 Å². The Morgan fingerprint density at radius 3 is 2.86 bits per heavy atom. The lowest BCUT2D eigenvalue weighted by Crippen LogP contribution is -2.12. The summed E-state index contributed by atoms with van der Waals surface area (Å²) in [7, 11) is 0. The number of carbonyl (C=O) groups is 1. The van der Waals surface area contributed by atoms with Crippen molar-refractivity contribution in [2.75, 3.05) is 5.32 Å². The van der Waals surface area contributed by atoms with E-state index in [1.165, 1.54) is 11.3 Å². The number of carbonyl (C=O) groups excluding carboxylic acids is 1. The van der Waals surface area contributed by atoms with E-state index in [9.17, 15) is 4.79 Å². The van der Waals surface area contributed by atoms with Crippen LogP contribution in [0, 0.1) is 0 Å². The van der Waals surface area contributed by atoms with Crippen molar-refractivity contribution in [3.63, 3.8) is 0 Å². The number of pyridine rings is 1. The zero-order chi connectivity index (χ0) is 20.4. The highest BCUT2D eigenvalue weighted by molar-refractivity contribution is 5.75. The highest BCUT2D eigenvalue weighted by Crippen LogP contribution is 2.38. The molecule has 148 valence electrons. The zero-order valence-corrected chi connectivity index (χ0v) is 17.2. The molecular formula is C24H26N4O. The van der Waals surface area contributed by atoms with Crippen LogP contribution in [0.4, 0.5) is 11.6 Å². The Balaban J connectivity index is 1.56. The van der Waals surface area contributed by atoms with E-state index in [2.05, 4.69) is 35.2 Å². The molecule has 5 heteroatoms. The summed E-state index contributed by atoms with van der Waals surface area (Å²) in [5, 5.41) is 3.28. The summed E-state index contributed by atoms with van der Waals surface area (Å²) in [5.74, 6) is 0.747. The second-order valence-electron chi connectivity index (χ2n) is 8.40. The third-order valence-corrected chi connectivity index (χ3v) is 5.59. The van der Waals surface area contributed by atoms with Crippen molar-refractivity contribution < 1.29 is 4.79 Å². The summed E-state index contributed by atoms with van der Waals surface area (Å²) in [5.41, 5.74) is 6.58. The number of fused-ring (bicyclic) bond motifs is 1. The van der Waals surface area contributed by atoms with Crippen LogP contribution in [0.3, 0.4) is 0 Å². The molecule has 1 aliphatic rings. The van der Waals surface area contributed by atoms with Gasteiger partial charge in [-0.05, 0) is 67.0 Å². The minimum Gasteiger partial charge on any atom is -0.324 e. The van der Waals surface area contributed by atoms with Crippen LogP contribution in [0.1, 0.15) is 50.4 Å². The molecular weight excluding hydrogens is 360 g/mol. The van der Waals surface area contributed by atoms with Gasteiger partial charge in [0.05, 0.1) is 5.69 Å². The number of nitrogens with zero attached hydrogens (tertiary/aromatic N) is 3. The van der Waals surface area contributed by atoms with Crippen molar-refractivity contribution in [2.24, 2.45) is 0 Å². The van der Waals surface area contributed by atoms with E-state index in [0.717, 1.165) is 41.8 Å². The Bertz CT molecular complexity index is 1060. The second-order valence-corrected chi connectivity index (χ2v) is 8.40. The fourth-order valence-electron chi connectivity index (χ4n) is 3.82. The van der Waals surface area contributed by atoms with Gasteiger partial charge in [0, 0.05) is 35.8 Å². The average molecular weight is 386 g/mol. The van der Waals surface area contributed by atoms with E-state index < -0.39 is 0 Å². The third kappa shape index (κ3) is 4.34. The van der Waals surface area contributed by atoms with Crippen LogP contribution < -0.4 is 5.32 Å². The number of nitrogens with one attached hydrogen (secondary N) is 1. The Hall–Kier alpha value is -3.08. The SMILES string of the molecule is CC(=O)CCc1cccc(Nc2nccc(-c3cnc4c(c3)C(C)(C)CC4)n2)c1. The predicted molar refractivity (Wildman–Crippen MR) is 115 cm³/mol. The number of Topliss-reactive ketones (excluding diaryl/α,β-unsaturated/α-hetero) is 1. The van der Waals surface area contributed by atoms with Crippen LogP contribution in [0.5, 0.6) is 0 Å². The lowest BCUT2D eigenvalue weighted by Gasteiger charge is -2.19. The zero-order valence-electron chi connectivity index (χ0n) is 17.2. The Morgan fingerprint density at radius 1 is 1.17 bits per heavy atom. The van der Waals surface area contributed by atoms with Crippen LogP contribution >= 0.6 is 0 Å². The van der Waals surface area contributed by atoms with Crippen molar-refractivity contribution in [1.29, 1.82) is 0 Å². The number of ketones is 1. The summed E-state index contributed by atoms with van der Waals surface area (Å²) in [6.07, 6.45) is 7.14. The number of anilines is 2. The predicted octanol–water partition coefficient (Wildman–Crippen LogP) is 5.03. The van der Waals surface area contributed by atoms with Gasteiger partial charge in [-0.25, -0.2) is 9.97 Å². The van der Waals surface area contributed by atoms with Crippen molar-refractivity contribution in [3.8, 4) is 11.3 Å². The number of aromatic nitrogens is 3. The van der Waals surface area contributed by atoms with Crippen LogP contribution in [0.2, 0.25) is 0 Å². The Kier molecular flexibility index (Phi) is 5.14. The summed E-state index contributed by atoms with van der Waals surface area (Å²) in [4.78, 5) is 25.0. The van der Waals surface area contributed by atoms with Gasteiger partial charge in [-0.1, -0.05) is 26.0 Å². The number of aryl methyl sites for hydroxylation is 2. The van der Waals surface area contributed by atoms with Gasteiger partial charge >= 0.3 is 0 Å². The van der Waals surface area contributed by atoms with Gasteiger partial charge in [0.2, 0.25) is 5.95 Å². The molecule has 0 saturated heterocycles. The first kappa shape index (κ1) is 19.2. The molecule has 0 atom stereocenters. The molecule has 0 radical (unpaired) electrons. The van der Waals surface area contributed by atoms with Gasteiger partial charge in [0.1, 0.15) is 5.78 Å². The summed E-state index contributed by atoms with van der Waals surface area (Å²) in [6, 6.07) is 12.2. The first-order valence-corrected chi connectivity index (χ1v) is 10.1. The smallest absolute Gasteiger partial charge is 0.227 e. The molecule has 1 aliphatic carbocycles. The molecule has 4 rings (SSSR count). The quantitative estimate of drug-likeness (QED) is 0.644. The van der Waals surface area contributed by atoms with Gasteiger partial charge in [0.15, 0.2) is 0 Å². The molecule has 0 saturated carbocycles. The minimum absolute atomic E-state index is 0.159. The summed E-state index contributed by atoms with van der Waals surface area (Å²) in [6.45, 7) is 6.17. The molecule has 29 heavy (non-hydrogen) atoms. The maximum absolute atomic E-state index is 11.2. The number of rotatable bonds is 6. The lowest BCUT2D eigenvalue weighted by atomic mass is 9.86. The fourth-order valence-corrected chi connectivity index (χ4v) is 3.82. The van der Waals surface area contributed by atoms with Crippen molar-refractivity contribution in [1.82, 2.24) is 15.0 Å². The Morgan fingerprint density at radius 2 is 2.03 bits per heavy atom. The molecule has 0 unspecified atom stereocenters. The second kappa shape index (κ2) is 7.74. The van der Waals surface area contributed by atoms with Crippen LogP contribution in [-0.2, 0) is 23.1 Å². The molecule has 5 nitrogen and oxygen atoms in total. The van der Waals surface area contributed by atoms with Gasteiger partial charge in [0.25, 0.3) is 0 Å². The normalized spacial score (nSPS) is 14.4. The molecule has 0 fully saturated rings. The van der Waals surface area contributed by atoms with E-state index >= 15 is 0 Å². The first-order chi connectivity index (χ1) is 13.9. The molecule has 3 aromatic rings. The van der Waals surface area contributed by atoms with E-state index in [4.69, 9.17) is 4.98 Å². The molecule has 2 aromatic heterocycles. The molecule has 0 bridgehead atoms. The highest BCUT2D eigenvalue weighted by Gasteiger charge is 2.31. The lowest BCUT2D eigenvalue weighted by molar-refractivity contribution is -0.116. The van der Waals surface area contributed by atoms with Gasteiger partial charge < -0.3 is 10.1 Å². The van der Waals surface area contributed by atoms with Gasteiger partial charge in [-0.2, -0.15) is 0 Å². The molecule has 2 heterocycles.